The van der Waals surface area contributed by atoms with Gasteiger partial charge in [-0.3, -0.25) is 4.98 Å². The average Bonchev–Trinajstić information content (AvgIpc) is 3.03. The highest BCUT2D eigenvalue weighted by atomic mass is 32.1. The van der Waals surface area contributed by atoms with Crippen molar-refractivity contribution in [3.05, 3.63) is 68.8 Å². The predicted molar refractivity (Wildman–Crippen MR) is 93.8 cm³/mol. The van der Waals surface area contributed by atoms with Gasteiger partial charge in [-0.1, -0.05) is 0 Å². The molecule has 0 saturated carbocycles. The molecular weight excluding hydrogens is 345 g/mol. The third kappa shape index (κ3) is 3.58. The number of alkyl halides is 3. The molecule has 130 valence electrons. The van der Waals surface area contributed by atoms with Crippen molar-refractivity contribution < 1.29 is 13.2 Å². The Labute approximate surface area is 148 Å². The summed E-state index contributed by atoms with van der Waals surface area (Å²) in [7, 11) is 0. The molecule has 0 spiro atoms. The van der Waals surface area contributed by atoms with Crippen LogP contribution in [0, 0.1) is 20.8 Å². The molecule has 2 nitrogen and oxygen atoms in total. The van der Waals surface area contributed by atoms with E-state index in [4.69, 9.17) is 0 Å². The molecule has 0 fully saturated rings. The van der Waals surface area contributed by atoms with E-state index in [-0.39, 0.29) is 6.42 Å². The van der Waals surface area contributed by atoms with E-state index in [0.29, 0.717) is 21.7 Å². The summed E-state index contributed by atoms with van der Waals surface area (Å²) in [6.45, 7) is 5.32. The first-order chi connectivity index (χ1) is 11.8. The number of rotatable bonds is 3. The van der Waals surface area contributed by atoms with E-state index in [1.54, 1.807) is 26.2 Å². The number of nitrogens with zero attached hydrogens (tertiary/aromatic N) is 2. The SMILES string of the molecule is Cc1cc(C(F)(F)F)c(Cc2nc(-c3cccnc3)cs2)c(C)c1C. The van der Waals surface area contributed by atoms with Crippen LogP contribution in [-0.2, 0) is 12.6 Å². The Morgan fingerprint density at radius 1 is 1.12 bits per heavy atom. The van der Waals surface area contributed by atoms with Crippen LogP contribution in [0.4, 0.5) is 13.2 Å². The van der Waals surface area contributed by atoms with E-state index in [1.165, 1.54) is 17.4 Å². The molecule has 0 atom stereocenters. The molecule has 6 heteroatoms. The zero-order valence-electron chi connectivity index (χ0n) is 14.1. The first kappa shape index (κ1) is 17.6. The van der Waals surface area contributed by atoms with Crippen LogP contribution in [0.15, 0.2) is 36.0 Å². The Hall–Kier alpha value is -2.21. The normalized spacial score (nSPS) is 11.8. The first-order valence-electron chi connectivity index (χ1n) is 7.79. The molecule has 0 amide bonds. The third-order valence-electron chi connectivity index (χ3n) is 4.44. The van der Waals surface area contributed by atoms with Gasteiger partial charge in [-0.05, 0) is 61.2 Å². The molecule has 0 radical (unpaired) electrons. The van der Waals surface area contributed by atoms with Gasteiger partial charge in [-0.25, -0.2) is 4.98 Å². The molecule has 2 aromatic heterocycles. The number of aryl methyl sites for hydroxylation is 1. The smallest absolute Gasteiger partial charge is 0.264 e. The van der Waals surface area contributed by atoms with E-state index in [2.05, 4.69) is 9.97 Å². The Morgan fingerprint density at radius 3 is 2.52 bits per heavy atom. The summed E-state index contributed by atoms with van der Waals surface area (Å²) in [4.78, 5) is 8.56. The van der Waals surface area contributed by atoms with Crippen molar-refractivity contribution in [1.82, 2.24) is 9.97 Å². The highest BCUT2D eigenvalue weighted by molar-refractivity contribution is 7.10. The van der Waals surface area contributed by atoms with Crippen molar-refractivity contribution in [2.75, 3.05) is 0 Å². The highest BCUT2D eigenvalue weighted by Crippen LogP contribution is 2.37. The number of pyridine rings is 1. The quantitative estimate of drug-likeness (QED) is 0.594. The summed E-state index contributed by atoms with van der Waals surface area (Å²) in [5, 5.41) is 2.52. The van der Waals surface area contributed by atoms with Crippen molar-refractivity contribution in [2.45, 2.75) is 33.4 Å². The fraction of sp³-hybridized carbons (Fsp3) is 0.263. The van der Waals surface area contributed by atoms with Crippen molar-refractivity contribution in [3.8, 4) is 11.3 Å². The lowest BCUT2D eigenvalue weighted by atomic mass is 9.91. The minimum absolute atomic E-state index is 0.173. The van der Waals surface area contributed by atoms with Crippen LogP contribution in [0.2, 0.25) is 0 Å². The number of benzene rings is 1. The van der Waals surface area contributed by atoms with Gasteiger partial charge in [0.1, 0.15) is 0 Å². The Balaban J connectivity index is 2.01. The monoisotopic (exact) mass is 362 g/mol. The summed E-state index contributed by atoms with van der Waals surface area (Å²) < 4.78 is 40.5. The van der Waals surface area contributed by atoms with Gasteiger partial charge in [0.25, 0.3) is 0 Å². The van der Waals surface area contributed by atoms with Gasteiger partial charge >= 0.3 is 6.18 Å². The van der Waals surface area contributed by atoms with Crippen molar-refractivity contribution in [1.29, 1.82) is 0 Å². The minimum atomic E-state index is -4.37. The standard InChI is InChI=1S/C19H17F3N2S/c1-11-7-16(19(20,21)22)15(13(3)12(11)2)8-18-24-17(10-25-18)14-5-4-6-23-9-14/h4-7,9-10H,8H2,1-3H3. The first-order valence-corrected chi connectivity index (χ1v) is 8.67. The lowest BCUT2D eigenvalue weighted by molar-refractivity contribution is -0.138. The molecule has 0 aliphatic heterocycles. The van der Waals surface area contributed by atoms with Crippen LogP contribution in [0.25, 0.3) is 11.3 Å². The Bertz CT molecular complexity index is 899. The number of aromatic nitrogens is 2. The maximum absolute atomic E-state index is 13.5. The molecule has 3 aromatic rings. The maximum Gasteiger partial charge on any atom is 0.416 e. The minimum Gasteiger partial charge on any atom is -0.264 e. The van der Waals surface area contributed by atoms with E-state index in [1.807, 2.05) is 24.4 Å². The Morgan fingerprint density at radius 2 is 1.88 bits per heavy atom. The zero-order valence-corrected chi connectivity index (χ0v) is 14.9. The molecule has 0 aliphatic carbocycles. The lowest BCUT2D eigenvalue weighted by Crippen LogP contribution is -2.13. The van der Waals surface area contributed by atoms with E-state index in [9.17, 15) is 13.2 Å². The van der Waals surface area contributed by atoms with Crippen LogP contribution < -0.4 is 0 Å². The molecule has 1 aromatic carbocycles. The molecule has 0 bridgehead atoms. The molecule has 0 N–H and O–H groups in total. The van der Waals surface area contributed by atoms with Gasteiger partial charge in [0, 0.05) is 29.8 Å². The molecule has 25 heavy (non-hydrogen) atoms. The second-order valence-corrected chi connectivity index (χ2v) is 6.95. The van der Waals surface area contributed by atoms with E-state index >= 15 is 0 Å². The Kier molecular flexibility index (Phi) is 4.64. The van der Waals surface area contributed by atoms with Crippen LogP contribution in [0.1, 0.15) is 32.8 Å². The van der Waals surface area contributed by atoms with Crippen LogP contribution >= 0.6 is 11.3 Å². The van der Waals surface area contributed by atoms with Gasteiger partial charge in [0.15, 0.2) is 0 Å². The molecule has 0 aliphatic rings. The highest BCUT2D eigenvalue weighted by Gasteiger charge is 2.35. The average molecular weight is 362 g/mol. The lowest BCUT2D eigenvalue weighted by Gasteiger charge is -2.18. The molecule has 0 saturated heterocycles. The maximum atomic E-state index is 13.5. The number of hydrogen-bond donors (Lipinski definition) is 0. The van der Waals surface area contributed by atoms with Crippen LogP contribution in [0.5, 0.6) is 0 Å². The van der Waals surface area contributed by atoms with Gasteiger partial charge in [-0.2, -0.15) is 13.2 Å². The number of hydrogen-bond acceptors (Lipinski definition) is 3. The van der Waals surface area contributed by atoms with Crippen LogP contribution in [0.3, 0.4) is 0 Å². The van der Waals surface area contributed by atoms with Crippen molar-refractivity contribution in [3.63, 3.8) is 0 Å². The van der Waals surface area contributed by atoms with Gasteiger partial charge < -0.3 is 0 Å². The van der Waals surface area contributed by atoms with Crippen LogP contribution in [-0.4, -0.2) is 9.97 Å². The van der Waals surface area contributed by atoms with Gasteiger partial charge in [0.05, 0.1) is 16.3 Å². The zero-order chi connectivity index (χ0) is 18.2. The number of halogens is 3. The largest absolute Gasteiger partial charge is 0.416 e. The summed E-state index contributed by atoms with van der Waals surface area (Å²) in [6, 6.07) is 4.94. The predicted octanol–water partition coefficient (Wildman–Crippen LogP) is 5.74. The second-order valence-electron chi connectivity index (χ2n) is 6.01. The fourth-order valence-corrected chi connectivity index (χ4v) is 3.62. The van der Waals surface area contributed by atoms with Gasteiger partial charge in [-0.15, -0.1) is 11.3 Å². The topological polar surface area (TPSA) is 25.8 Å². The van der Waals surface area contributed by atoms with Gasteiger partial charge in [0.2, 0.25) is 0 Å². The third-order valence-corrected chi connectivity index (χ3v) is 5.28. The summed E-state index contributed by atoms with van der Waals surface area (Å²) in [5.41, 5.74) is 3.58. The van der Waals surface area contributed by atoms with Crippen molar-refractivity contribution in [2.24, 2.45) is 0 Å². The molecule has 3 rings (SSSR count). The molecular formula is C19H17F3N2S. The number of thiazole rings is 1. The van der Waals surface area contributed by atoms with E-state index in [0.717, 1.165) is 16.8 Å². The molecule has 2 heterocycles. The summed E-state index contributed by atoms with van der Waals surface area (Å²) >= 11 is 1.37. The summed E-state index contributed by atoms with van der Waals surface area (Å²) in [5.74, 6) is 0. The fourth-order valence-electron chi connectivity index (χ4n) is 2.81. The second kappa shape index (κ2) is 6.59. The van der Waals surface area contributed by atoms with Crippen molar-refractivity contribution >= 4 is 11.3 Å². The molecule has 0 unspecified atom stereocenters. The van der Waals surface area contributed by atoms with E-state index < -0.39 is 11.7 Å². The summed E-state index contributed by atoms with van der Waals surface area (Å²) in [6.07, 6.45) is -0.833.